The monoisotopic (exact) mass is 282 g/mol. The maximum atomic E-state index is 11.1. The summed E-state index contributed by atoms with van der Waals surface area (Å²) in [4.78, 5) is 17.8. The Hall–Kier alpha value is -2.20. The van der Waals surface area contributed by atoms with Crippen molar-refractivity contribution >= 4 is 16.9 Å². The second kappa shape index (κ2) is 5.66. The fourth-order valence-electron chi connectivity index (χ4n) is 2.82. The molecule has 2 aromatic rings. The van der Waals surface area contributed by atoms with E-state index >= 15 is 0 Å². The molecule has 2 heterocycles. The van der Waals surface area contributed by atoms with Gasteiger partial charge in [0, 0.05) is 31.2 Å². The molecule has 108 valence electrons. The minimum absolute atomic E-state index is 0.413. The number of aliphatic carboxylic acids is 1. The molecule has 4 heteroatoms. The molecule has 3 rings (SSSR count). The predicted molar refractivity (Wildman–Crippen MR) is 82.0 cm³/mol. The normalized spacial score (nSPS) is 19.0. The summed E-state index contributed by atoms with van der Waals surface area (Å²) in [5.41, 5.74) is 3.37. The van der Waals surface area contributed by atoms with Gasteiger partial charge in [0.05, 0.1) is 11.4 Å². The first-order chi connectivity index (χ1) is 10.1. The van der Waals surface area contributed by atoms with Gasteiger partial charge in [-0.3, -0.25) is 14.7 Å². The fraction of sp³-hybridized carbons (Fsp3) is 0.294. The number of aromatic nitrogens is 1. The second-order valence-electron chi connectivity index (χ2n) is 5.51. The third-order valence-electron chi connectivity index (χ3n) is 3.97. The highest BCUT2D eigenvalue weighted by atomic mass is 16.4. The fourth-order valence-corrected chi connectivity index (χ4v) is 2.82. The summed E-state index contributed by atoms with van der Waals surface area (Å²) in [6.07, 6.45) is 5.53. The van der Waals surface area contributed by atoms with E-state index in [1.54, 1.807) is 12.3 Å². The van der Waals surface area contributed by atoms with Crippen LogP contribution in [-0.2, 0) is 11.3 Å². The number of rotatable bonds is 3. The smallest absolute Gasteiger partial charge is 0.311 e. The summed E-state index contributed by atoms with van der Waals surface area (Å²) in [5, 5.41) is 10.3. The lowest BCUT2D eigenvalue weighted by Gasteiger charge is -2.27. The molecular weight excluding hydrogens is 264 g/mol. The molecule has 1 aromatic carbocycles. The van der Waals surface area contributed by atoms with E-state index in [-0.39, 0.29) is 0 Å². The SMILES string of the molecule is Cc1ccc(CN2CC=CC(C(=O)O)C2)c2ncccc12. The van der Waals surface area contributed by atoms with Crippen LogP contribution in [-0.4, -0.2) is 34.0 Å². The Bertz CT molecular complexity index is 709. The highest BCUT2D eigenvalue weighted by Crippen LogP contribution is 2.22. The van der Waals surface area contributed by atoms with Gasteiger partial charge in [-0.05, 0) is 24.1 Å². The van der Waals surface area contributed by atoms with Crippen molar-refractivity contribution in [2.75, 3.05) is 13.1 Å². The molecule has 0 amide bonds. The van der Waals surface area contributed by atoms with Gasteiger partial charge >= 0.3 is 5.97 Å². The van der Waals surface area contributed by atoms with Gasteiger partial charge in [-0.25, -0.2) is 0 Å². The molecule has 21 heavy (non-hydrogen) atoms. The molecule has 1 aliphatic heterocycles. The summed E-state index contributed by atoms with van der Waals surface area (Å²) in [6, 6.07) is 8.23. The third-order valence-corrected chi connectivity index (χ3v) is 3.97. The van der Waals surface area contributed by atoms with Crippen molar-refractivity contribution in [3.63, 3.8) is 0 Å². The molecule has 1 N–H and O–H groups in total. The van der Waals surface area contributed by atoms with Crippen LogP contribution in [0.25, 0.3) is 10.9 Å². The first-order valence-corrected chi connectivity index (χ1v) is 7.10. The van der Waals surface area contributed by atoms with Crippen LogP contribution >= 0.6 is 0 Å². The zero-order valence-electron chi connectivity index (χ0n) is 12.0. The Morgan fingerprint density at radius 1 is 1.43 bits per heavy atom. The standard InChI is InChI=1S/C17H18N2O2/c1-12-6-7-13(16-15(12)5-2-8-18-16)10-19-9-3-4-14(11-19)17(20)21/h2-8,14H,9-11H2,1H3,(H,20,21). The van der Waals surface area contributed by atoms with Crippen molar-refractivity contribution in [1.29, 1.82) is 0 Å². The van der Waals surface area contributed by atoms with Gasteiger partial charge in [-0.2, -0.15) is 0 Å². The van der Waals surface area contributed by atoms with E-state index in [0.717, 1.165) is 29.6 Å². The van der Waals surface area contributed by atoms with Crippen molar-refractivity contribution in [3.8, 4) is 0 Å². The summed E-state index contributed by atoms with van der Waals surface area (Å²) in [6.45, 7) is 4.14. The molecule has 1 atom stereocenters. The molecular formula is C17H18N2O2. The number of carbonyl (C=O) groups is 1. The minimum atomic E-state index is -0.761. The lowest BCUT2D eigenvalue weighted by atomic mass is 10.0. The molecule has 4 nitrogen and oxygen atoms in total. The first-order valence-electron chi connectivity index (χ1n) is 7.10. The van der Waals surface area contributed by atoms with Crippen LogP contribution < -0.4 is 0 Å². The molecule has 1 aliphatic rings. The molecule has 0 saturated carbocycles. The van der Waals surface area contributed by atoms with Crippen LogP contribution in [0, 0.1) is 12.8 Å². The number of aryl methyl sites for hydroxylation is 1. The maximum Gasteiger partial charge on any atom is 0.311 e. The number of nitrogens with zero attached hydrogens (tertiary/aromatic N) is 2. The number of carboxylic acids is 1. The lowest BCUT2D eigenvalue weighted by molar-refractivity contribution is -0.140. The van der Waals surface area contributed by atoms with Crippen LogP contribution in [0.1, 0.15) is 11.1 Å². The van der Waals surface area contributed by atoms with Gasteiger partial charge in [-0.1, -0.05) is 30.4 Å². The van der Waals surface area contributed by atoms with Crippen molar-refractivity contribution in [3.05, 3.63) is 53.7 Å². The van der Waals surface area contributed by atoms with Crippen LogP contribution in [0.4, 0.5) is 0 Å². The van der Waals surface area contributed by atoms with Gasteiger partial charge in [0.15, 0.2) is 0 Å². The van der Waals surface area contributed by atoms with Gasteiger partial charge < -0.3 is 5.11 Å². The van der Waals surface area contributed by atoms with E-state index in [4.69, 9.17) is 5.11 Å². The average molecular weight is 282 g/mol. The second-order valence-corrected chi connectivity index (χ2v) is 5.51. The predicted octanol–water partition coefficient (Wildman–Crippen LogP) is 2.62. The Morgan fingerprint density at radius 2 is 2.29 bits per heavy atom. The number of hydrogen-bond acceptors (Lipinski definition) is 3. The molecule has 0 radical (unpaired) electrons. The Labute approximate surface area is 123 Å². The maximum absolute atomic E-state index is 11.1. The topological polar surface area (TPSA) is 53.4 Å². The van der Waals surface area contributed by atoms with Crippen molar-refractivity contribution in [2.24, 2.45) is 5.92 Å². The number of carboxylic acid groups (broad SMARTS) is 1. The van der Waals surface area contributed by atoms with E-state index in [1.165, 1.54) is 5.56 Å². The van der Waals surface area contributed by atoms with E-state index in [2.05, 4.69) is 35.0 Å². The Kier molecular flexibility index (Phi) is 3.71. The van der Waals surface area contributed by atoms with E-state index in [1.807, 2.05) is 12.1 Å². The highest BCUT2D eigenvalue weighted by molar-refractivity contribution is 5.84. The number of fused-ring (bicyclic) bond motifs is 1. The summed E-state index contributed by atoms with van der Waals surface area (Å²) in [5.74, 6) is -1.17. The Balaban J connectivity index is 1.87. The highest BCUT2D eigenvalue weighted by Gasteiger charge is 2.21. The Morgan fingerprint density at radius 3 is 3.10 bits per heavy atom. The first kappa shape index (κ1) is 13.8. The molecule has 0 fully saturated rings. The summed E-state index contributed by atoms with van der Waals surface area (Å²) < 4.78 is 0. The zero-order chi connectivity index (χ0) is 14.8. The van der Waals surface area contributed by atoms with Crippen LogP contribution in [0.2, 0.25) is 0 Å². The van der Waals surface area contributed by atoms with E-state index in [0.29, 0.717) is 6.54 Å². The molecule has 0 bridgehead atoms. The van der Waals surface area contributed by atoms with Crippen molar-refractivity contribution in [1.82, 2.24) is 9.88 Å². The van der Waals surface area contributed by atoms with Gasteiger partial charge in [0.25, 0.3) is 0 Å². The van der Waals surface area contributed by atoms with E-state index in [9.17, 15) is 4.79 Å². The van der Waals surface area contributed by atoms with Crippen molar-refractivity contribution < 1.29 is 9.90 Å². The summed E-state index contributed by atoms with van der Waals surface area (Å²) >= 11 is 0. The summed E-state index contributed by atoms with van der Waals surface area (Å²) in [7, 11) is 0. The molecule has 0 spiro atoms. The van der Waals surface area contributed by atoms with Gasteiger partial charge in [-0.15, -0.1) is 0 Å². The molecule has 0 saturated heterocycles. The largest absolute Gasteiger partial charge is 0.481 e. The van der Waals surface area contributed by atoms with Gasteiger partial charge in [0.1, 0.15) is 0 Å². The molecule has 1 unspecified atom stereocenters. The number of hydrogen-bond donors (Lipinski definition) is 1. The molecule has 1 aromatic heterocycles. The minimum Gasteiger partial charge on any atom is -0.481 e. The van der Waals surface area contributed by atoms with Crippen LogP contribution in [0.5, 0.6) is 0 Å². The van der Waals surface area contributed by atoms with Crippen LogP contribution in [0.3, 0.4) is 0 Å². The number of pyridine rings is 1. The van der Waals surface area contributed by atoms with Crippen molar-refractivity contribution in [2.45, 2.75) is 13.5 Å². The lowest BCUT2D eigenvalue weighted by Crippen LogP contribution is -2.35. The quantitative estimate of drug-likeness (QED) is 0.879. The molecule has 0 aliphatic carbocycles. The number of benzene rings is 1. The third kappa shape index (κ3) is 2.81. The average Bonchev–Trinajstić information content (AvgIpc) is 2.51. The van der Waals surface area contributed by atoms with Crippen LogP contribution in [0.15, 0.2) is 42.6 Å². The van der Waals surface area contributed by atoms with E-state index < -0.39 is 11.9 Å². The van der Waals surface area contributed by atoms with Gasteiger partial charge in [0.2, 0.25) is 0 Å². The zero-order valence-corrected chi connectivity index (χ0v) is 12.0.